The van der Waals surface area contributed by atoms with Gasteiger partial charge in [0.1, 0.15) is 0 Å². The standard InChI is InChI=1S/C14H21N3O2/c1-10-4-5-11(14(16-10)19-3)8-15-9-12-6-7-13(18)17(12)2/h4-5,12,15H,6-9H2,1-3H3/t12-/m0/s1. The van der Waals surface area contributed by atoms with E-state index in [1.165, 1.54) is 0 Å². The number of carbonyl (C=O) groups excluding carboxylic acids is 1. The molecular formula is C14H21N3O2. The number of ether oxygens (including phenoxy) is 1. The van der Waals surface area contributed by atoms with Gasteiger partial charge in [-0.15, -0.1) is 0 Å². The molecule has 5 nitrogen and oxygen atoms in total. The molecule has 0 spiro atoms. The third-order valence-electron chi connectivity index (χ3n) is 3.60. The topological polar surface area (TPSA) is 54.5 Å². The molecule has 1 aromatic rings. The number of pyridine rings is 1. The molecule has 0 aliphatic carbocycles. The highest BCUT2D eigenvalue weighted by Gasteiger charge is 2.26. The zero-order valence-electron chi connectivity index (χ0n) is 11.8. The van der Waals surface area contributed by atoms with Crippen molar-refractivity contribution in [1.82, 2.24) is 15.2 Å². The summed E-state index contributed by atoms with van der Waals surface area (Å²) in [5.41, 5.74) is 1.99. The Kier molecular flexibility index (Phi) is 4.37. The van der Waals surface area contributed by atoms with E-state index < -0.39 is 0 Å². The lowest BCUT2D eigenvalue weighted by molar-refractivity contribution is -0.127. The molecule has 5 heteroatoms. The number of methoxy groups -OCH3 is 1. The Hall–Kier alpha value is -1.62. The normalized spacial score (nSPS) is 19.0. The van der Waals surface area contributed by atoms with Crippen molar-refractivity contribution in [2.75, 3.05) is 20.7 Å². The molecule has 1 atom stereocenters. The zero-order chi connectivity index (χ0) is 13.8. The zero-order valence-corrected chi connectivity index (χ0v) is 11.8. The number of aryl methyl sites for hydroxylation is 1. The van der Waals surface area contributed by atoms with Gasteiger partial charge < -0.3 is 15.0 Å². The molecule has 0 aromatic carbocycles. The van der Waals surface area contributed by atoms with Crippen molar-refractivity contribution < 1.29 is 9.53 Å². The van der Waals surface area contributed by atoms with Gasteiger partial charge in [-0.05, 0) is 19.4 Å². The summed E-state index contributed by atoms with van der Waals surface area (Å²) in [7, 11) is 3.50. The fourth-order valence-corrected chi connectivity index (χ4v) is 2.35. The first kappa shape index (κ1) is 13.8. The first-order valence-electron chi connectivity index (χ1n) is 6.58. The van der Waals surface area contributed by atoms with Crippen molar-refractivity contribution in [1.29, 1.82) is 0 Å². The van der Waals surface area contributed by atoms with Crippen molar-refractivity contribution >= 4 is 5.91 Å². The quantitative estimate of drug-likeness (QED) is 0.864. The number of rotatable bonds is 5. The van der Waals surface area contributed by atoms with Gasteiger partial charge in [0.2, 0.25) is 11.8 Å². The highest BCUT2D eigenvalue weighted by Crippen LogP contribution is 2.17. The predicted molar refractivity (Wildman–Crippen MR) is 73.0 cm³/mol. The van der Waals surface area contributed by atoms with Gasteiger partial charge in [0.05, 0.1) is 7.11 Å². The first-order valence-corrected chi connectivity index (χ1v) is 6.58. The van der Waals surface area contributed by atoms with Crippen molar-refractivity contribution in [3.8, 4) is 5.88 Å². The summed E-state index contributed by atoms with van der Waals surface area (Å²) in [4.78, 5) is 17.6. The van der Waals surface area contributed by atoms with Crippen molar-refractivity contribution in [3.05, 3.63) is 23.4 Å². The van der Waals surface area contributed by atoms with Crippen LogP contribution in [-0.4, -0.2) is 42.5 Å². The van der Waals surface area contributed by atoms with Crippen LogP contribution in [0.25, 0.3) is 0 Å². The second-order valence-corrected chi connectivity index (χ2v) is 4.95. The van der Waals surface area contributed by atoms with Crippen LogP contribution in [0.3, 0.4) is 0 Å². The van der Waals surface area contributed by atoms with Crippen LogP contribution < -0.4 is 10.1 Å². The van der Waals surface area contributed by atoms with Crippen molar-refractivity contribution in [2.24, 2.45) is 0 Å². The maximum Gasteiger partial charge on any atom is 0.222 e. The predicted octanol–water partition coefficient (Wildman–Crippen LogP) is 1.11. The molecular weight excluding hydrogens is 242 g/mol. The largest absolute Gasteiger partial charge is 0.481 e. The minimum atomic E-state index is 0.237. The van der Waals surface area contributed by atoms with Gasteiger partial charge in [-0.25, -0.2) is 4.98 Å². The minimum Gasteiger partial charge on any atom is -0.481 e. The number of amides is 1. The van der Waals surface area contributed by atoms with E-state index in [9.17, 15) is 4.79 Å². The maximum absolute atomic E-state index is 11.4. The van der Waals surface area contributed by atoms with Crippen molar-refractivity contribution in [3.63, 3.8) is 0 Å². The van der Waals surface area contributed by atoms with Crippen LogP contribution in [0.2, 0.25) is 0 Å². The number of carbonyl (C=O) groups is 1. The monoisotopic (exact) mass is 263 g/mol. The van der Waals surface area contributed by atoms with Gasteiger partial charge >= 0.3 is 0 Å². The number of nitrogens with one attached hydrogen (secondary N) is 1. The molecule has 0 radical (unpaired) electrons. The van der Waals surface area contributed by atoms with E-state index in [2.05, 4.69) is 10.3 Å². The average molecular weight is 263 g/mol. The third-order valence-corrected chi connectivity index (χ3v) is 3.60. The first-order chi connectivity index (χ1) is 9.11. The van der Waals surface area contributed by atoms with Crippen LogP contribution in [0.15, 0.2) is 12.1 Å². The van der Waals surface area contributed by atoms with E-state index in [1.54, 1.807) is 7.11 Å². The van der Waals surface area contributed by atoms with E-state index in [0.29, 0.717) is 24.9 Å². The molecule has 1 amide bonds. The summed E-state index contributed by atoms with van der Waals surface area (Å²) in [5, 5.41) is 3.37. The summed E-state index contributed by atoms with van der Waals surface area (Å²) >= 11 is 0. The summed E-state index contributed by atoms with van der Waals surface area (Å²) in [6.45, 7) is 3.45. The summed E-state index contributed by atoms with van der Waals surface area (Å²) in [6.07, 6.45) is 1.60. The lowest BCUT2D eigenvalue weighted by Gasteiger charge is -2.20. The molecule has 0 saturated carbocycles. The van der Waals surface area contributed by atoms with Gasteiger partial charge in [0.15, 0.2) is 0 Å². The van der Waals surface area contributed by atoms with Crippen LogP contribution >= 0.6 is 0 Å². The van der Waals surface area contributed by atoms with E-state index in [-0.39, 0.29) is 5.91 Å². The Balaban J connectivity index is 1.87. The average Bonchev–Trinajstić information content (AvgIpc) is 2.72. The molecule has 0 bridgehead atoms. The second kappa shape index (κ2) is 6.02. The summed E-state index contributed by atoms with van der Waals surface area (Å²) < 4.78 is 5.27. The number of aromatic nitrogens is 1. The van der Waals surface area contributed by atoms with Gasteiger partial charge in [-0.1, -0.05) is 6.07 Å². The molecule has 2 rings (SSSR count). The third kappa shape index (κ3) is 3.23. The number of hydrogen-bond acceptors (Lipinski definition) is 4. The molecule has 1 aliphatic rings. The van der Waals surface area contributed by atoms with E-state index in [0.717, 1.165) is 24.2 Å². The lowest BCUT2D eigenvalue weighted by atomic mass is 10.2. The summed E-state index contributed by atoms with van der Waals surface area (Å²) in [6, 6.07) is 4.31. The number of likely N-dealkylation sites (tertiary alicyclic amines) is 1. The van der Waals surface area contributed by atoms with Gasteiger partial charge in [0.25, 0.3) is 0 Å². The Bertz CT molecular complexity index is 462. The van der Waals surface area contributed by atoms with Crippen molar-refractivity contribution in [2.45, 2.75) is 32.4 Å². The number of nitrogens with zero attached hydrogens (tertiary/aromatic N) is 2. The highest BCUT2D eigenvalue weighted by atomic mass is 16.5. The summed E-state index contributed by atoms with van der Waals surface area (Å²) in [5.74, 6) is 0.907. The molecule has 1 N–H and O–H groups in total. The smallest absolute Gasteiger partial charge is 0.222 e. The SMILES string of the molecule is COc1nc(C)ccc1CNC[C@@H]1CCC(=O)N1C. The molecule has 1 saturated heterocycles. The fourth-order valence-electron chi connectivity index (χ4n) is 2.35. The second-order valence-electron chi connectivity index (χ2n) is 4.95. The molecule has 0 unspecified atom stereocenters. The van der Waals surface area contributed by atoms with Crippen LogP contribution in [0.1, 0.15) is 24.1 Å². The Morgan fingerprint density at radius 3 is 2.95 bits per heavy atom. The van der Waals surface area contributed by atoms with E-state index in [1.807, 2.05) is 31.0 Å². The molecule has 1 fully saturated rings. The Morgan fingerprint density at radius 2 is 2.32 bits per heavy atom. The maximum atomic E-state index is 11.4. The van der Waals surface area contributed by atoms with Crippen LogP contribution in [0.4, 0.5) is 0 Å². The highest BCUT2D eigenvalue weighted by molar-refractivity contribution is 5.78. The van der Waals surface area contributed by atoms with Gasteiger partial charge in [0, 0.05) is 43.9 Å². The van der Waals surface area contributed by atoms with E-state index >= 15 is 0 Å². The van der Waals surface area contributed by atoms with Gasteiger partial charge in [-0.2, -0.15) is 0 Å². The fraction of sp³-hybridized carbons (Fsp3) is 0.571. The van der Waals surface area contributed by atoms with Crippen LogP contribution in [0, 0.1) is 6.92 Å². The Labute approximate surface area is 114 Å². The minimum absolute atomic E-state index is 0.237. The van der Waals surface area contributed by atoms with Crippen LogP contribution in [-0.2, 0) is 11.3 Å². The Morgan fingerprint density at radius 1 is 1.53 bits per heavy atom. The van der Waals surface area contributed by atoms with E-state index in [4.69, 9.17) is 4.74 Å². The van der Waals surface area contributed by atoms with Gasteiger partial charge in [-0.3, -0.25) is 4.79 Å². The molecule has 1 aliphatic heterocycles. The van der Waals surface area contributed by atoms with Crippen LogP contribution in [0.5, 0.6) is 5.88 Å². The molecule has 104 valence electrons. The molecule has 19 heavy (non-hydrogen) atoms. The molecule has 1 aromatic heterocycles. The molecule has 2 heterocycles. The number of likely N-dealkylation sites (N-methyl/N-ethyl adjacent to an activating group) is 1. The number of hydrogen-bond donors (Lipinski definition) is 1. The lowest BCUT2D eigenvalue weighted by Crippen LogP contribution is -2.37.